The Morgan fingerprint density at radius 1 is 1.26 bits per heavy atom. The molecule has 1 aromatic carbocycles. The lowest BCUT2D eigenvalue weighted by atomic mass is 9.82. The van der Waals surface area contributed by atoms with Crippen LogP contribution >= 0.6 is 0 Å². The second-order valence-electron chi connectivity index (χ2n) is 5.47. The molecule has 4 rings (SSSR count). The van der Waals surface area contributed by atoms with Gasteiger partial charge in [0.25, 0.3) is 0 Å². The van der Waals surface area contributed by atoms with E-state index in [1.165, 1.54) is 16.8 Å². The SMILES string of the molecule is Cc1ccc2c(c1)[C@@H]1OCC[C@@H]1[C@@H](c1ccco1)N2. The van der Waals surface area contributed by atoms with Gasteiger partial charge < -0.3 is 14.5 Å². The average molecular weight is 255 g/mol. The third kappa shape index (κ3) is 1.69. The monoisotopic (exact) mass is 255 g/mol. The van der Waals surface area contributed by atoms with E-state index in [1.807, 2.05) is 12.1 Å². The number of anilines is 1. The van der Waals surface area contributed by atoms with Crippen LogP contribution in [0.4, 0.5) is 5.69 Å². The first-order chi connectivity index (χ1) is 9.33. The van der Waals surface area contributed by atoms with Crippen molar-refractivity contribution >= 4 is 5.69 Å². The summed E-state index contributed by atoms with van der Waals surface area (Å²) in [5, 5.41) is 3.62. The summed E-state index contributed by atoms with van der Waals surface area (Å²) in [7, 11) is 0. The summed E-state index contributed by atoms with van der Waals surface area (Å²) in [6.45, 7) is 2.96. The lowest BCUT2D eigenvalue weighted by Gasteiger charge is -2.35. The molecule has 0 unspecified atom stereocenters. The van der Waals surface area contributed by atoms with Crippen LogP contribution in [0.25, 0.3) is 0 Å². The maximum Gasteiger partial charge on any atom is 0.126 e. The summed E-state index contributed by atoms with van der Waals surface area (Å²) < 4.78 is 11.6. The van der Waals surface area contributed by atoms with Crippen molar-refractivity contribution in [2.24, 2.45) is 5.92 Å². The normalized spacial score (nSPS) is 28.6. The molecule has 2 aliphatic heterocycles. The molecule has 0 aliphatic carbocycles. The zero-order chi connectivity index (χ0) is 12.8. The number of ether oxygens (including phenoxy) is 1. The van der Waals surface area contributed by atoms with Gasteiger partial charge >= 0.3 is 0 Å². The summed E-state index contributed by atoms with van der Waals surface area (Å²) in [6, 6.07) is 10.7. The Morgan fingerprint density at radius 3 is 3.05 bits per heavy atom. The maximum absolute atomic E-state index is 5.98. The van der Waals surface area contributed by atoms with Crippen LogP contribution in [0.3, 0.4) is 0 Å². The molecule has 19 heavy (non-hydrogen) atoms. The molecule has 0 radical (unpaired) electrons. The van der Waals surface area contributed by atoms with E-state index in [0.29, 0.717) is 5.92 Å². The predicted molar refractivity (Wildman–Crippen MR) is 73.1 cm³/mol. The Bertz CT molecular complexity index is 591. The summed E-state index contributed by atoms with van der Waals surface area (Å²) in [5.74, 6) is 1.46. The van der Waals surface area contributed by atoms with Crippen LogP contribution in [0.1, 0.15) is 35.5 Å². The van der Waals surface area contributed by atoms with Crippen LogP contribution in [0.5, 0.6) is 0 Å². The first kappa shape index (κ1) is 11.1. The van der Waals surface area contributed by atoms with Gasteiger partial charge in [-0.1, -0.05) is 17.7 Å². The molecular weight excluding hydrogens is 238 g/mol. The van der Waals surface area contributed by atoms with Gasteiger partial charge in [0, 0.05) is 23.8 Å². The zero-order valence-corrected chi connectivity index (χ0v) is 10.9. The number of hydrogen-bond acceptors (Lipinski definition) is 3. The third-order valence-corrected chi connectivity index (χ3v) is 4.24. The van der Waals surface area contributed by atoms with E-state index in [9.17, 15) is 0 Å². The van der Waals surface area contributed by atoms with Crippen molar-refractivity contribution in [2.75, 3.05) is 11.9 Å². The van der Waals surface area contributed by atoms with Crippen molar-refractivity contribution in [3.05, 3.63) is 53.5 Å². The van der Waals surface area contributed by atoms with Crippen molar-refractivity contribution in [3.63, 3.8) is 0 Å². The van der Waals surface area contributed by atoms with Gasteiger partial charge in [0.05, 0.1) is 18.4 Å². The van der Waals surface area contributed by atoms with Gasteiger partial charge in [0.15, 0.2) is 0 Å². The van der Waals surface area contributed by atoms with Crippen molar-refractivity contribution in [3.8, 4) is 0 Å². The Kier molecular flexibility index (Phi) is 2.42. The van der Waals surface area contributed by atoms with Crippen LogP contribution in [0.15, 0.2) is 41.0 Å². The van der Waals surface area contributed by atoms with E-state index in [1.54, 1.807) is 6.26 Å². The molecule has 1 saturated heterocycles. The highest BCUT2D eigenvalue weighted by atomic mass is 16.5. The molecule has 3 heterocycles. The van der Waals surface area contributed by atoms with E-state index < -0.39 is 0 Å². The summed E-state index contributed by atoms with van der Waals surface area (Å²) in [5.41, 5.74) is 3.76. The van der Waals surface area contributed by atoms with Crippen molar-refractivity contribution < 1.29 is 9.15 Å². The molecule has 1 aromatic heterocycles. The second-order valence-corrected chi connectivity index (χ2v) is 5.47. The van der Waals surface area contributed by atoms with Gasteiger partial charge in [-0.3, -0.25) is 0 Å². The van der Waals surface area contributed by atoms with E-state index in [2.05, 4.69) is 30.4 Å². The molecule has 0 spiro atoms. The Hall–Kier alpha value is -1.74. The number of fused-ring (bicyclic) bond motifs is 3. The highest BCUT2D eigenvalue weighted by Crippen LogP contribution is 2.49. The predicted octanol–water partition coefficient (Wildman–Crippen LogP) is 3.83. The van der Waals surface area contributed by atoms with Crippen molar-refractivity contribution in [1.82, 2.24) is 0 Å². The first-order valence-electron chi connectivity index (χ1n) is 6.85. The van der Waals surface area contributed by atoms with Gasteiger partial charge in [-0.2, -0.15) is 0 Å². The van der Waals surface area contributed by atoms with Crippen LogP contribution in [0.2, 0.25) is 0 Å². The highest BCUT2D eigenvalue weighted by molar-refractivity contribution is 5.57. The second kappa shape index (κ2) is 4.14. The number of nitrogens with one attached hydrogen (secondary N) is 1. The number of benzene rings is 1. The summed E-state index contributed by atoms with van der Waals surface area (Å²) >= 11 is 0. The van der Waals surface area contributed by atoms with Gasteiger partial charge in [0.2, 0.25) is 0 Å². The first-order valence-corrected chi connectivity index (χ1v) is 6.85. The molecule has 98 valence electrons. The van der Waals surface area contributed by atoms with Crippen molar-refractivity contribution in [2.45, 2.75) is 25.5 Å². The molecule has 3 heteroatoms. The van der Waals surface area contributed by atoms with E-state index in [-0.39, 0.29) is 12.1 Å². The molecule has 3 nitrogen and oxygen atoms in total. The number of hydrogen-bond donors (Lipinski definition) is 1. The standard InChI is InChI=1S/C16H17NO2/c1-10-4-5-13-12(9-10)16-11(6-8-19-16)15(17-13)14-3-2-7-18-14/h2-5,7,9,11,15-17H,6,8H2,1H3/t11-,15+,16-/m1/s1. The zero-order valence-electron chi connectivity index (χ0n) is 10.9. The van der Waals surface area contributed by atoms with Gasteiger partial charge in [-0.25, -0.2) is 0 Å². The minimum Gasteiger partial charge on any atom is -0.467 e. The molecule has 0 bridgehead atoms. The van der Waals surface area contributed by atoms with Gasteiger partial charge in [-0.15, -0.1) is 0 Å². The molecule has 0 amide bonds. The minimum atomic E-state index is 0.200. The fourth-order valence-electron chi connectivity index (χ4n) is 3.34. The number of rotatable bonds is 1. The molecule has 1 fully saturated rings. The number of furan rings is 1. The third-order valence-electron chi connectivity index (χ3n) is 4.24. The Labute approximate surface area is 112 Å². The fraction of sp³-hybridized carbons (Fsp3) is 0.375. The summed E-state index contributed by atoms with van der Waals surface area (Å²) in [4.78, 5) is 0. The molecule has 2 aliphatic rings. The van der Waals surface area contributed by atoms with Crippen LogP contribution in [-0.4, -0.2) is 6.61 Å². The Morgan fingerprint density at radius 2 is 2.21 bits per heavy atom. The number of aryl methyl sites for hydroxylation is 1. The van der Waals surface area contributed by atoms with Gasteiger partial charge in [-0.05, 0) is 31.5 Å². The average Bonchev–Trinajstić information content (AvgIpc) is 3.09. The van der Waals surface area contributed by atoms with E-state index in [0.717, 1.165) is 18.8 Å². The molecule has 3 atom stereocenters. The van der Waals surface area contributed by atoms with Crippen molar-refractivity contribution in [1.29, 1.82) is 0 Å². The highest BCUT2D eigenvalue weighted by Gasteiger charge is 2.42. The minimum absolute atomic E-state index is 0.200. The quantitative estimate of drug-likeness (QED) is 0.841. The van der Waals surface area contributed by atoms with E-state index in [4.69, 9.17) is 9.15 Å². The van der Waals surface area contributed by atoms with Crippen LogP contribution < -0.4 is 5.32 Å². The maximum atomic E-state index is 5.98. The topological polar surface area (TPSA) is 34.4 Å². The molecule has 0 saturated carbocycles. The molecular formula is C16H17NO2. The fourth-order valence-corrected chi connectivity index (χ4v) is 3.34. The Balaban J connectivity index is 1.80. The van der Waals surface area contributed by atoms with Crippen LogP contribution in [0, 0.1) is 12.8 Å². The molecule has 2 aromatic rings. The summed E-state index contributed by atoms with van der Waals surface area (Å²) in [6.07, 6.45) is 3.02. The van der Waals surface area contributed by atoms with E-state index >= 15 is 0 Å². The smallest absolute Gasteiger partial charge is 0.126 e. The lowest BCUT2D eigenvalue weighted by Crippen LogP contribution is -2.29. The van der Waals surface area contributed by atoms with Crippen LogP contribution in [-0.2, 0) is 4.74 Å². The lowest BCUT2D eigenvalue weighted by molar-refractivity contribution is 0.0807. The molecule has 1 N–H and O–H groups in total. The van der Waals surface area contributed by atoms with Gasteiger partial charge in [0.1, 0.15) is 5.76 Å². The largest absolute Gasteiger partial charge is 0.467 e.